The predicted octanol–water partition coefficient (Wildman–Crippen LogP) is 3.51. The summed E-state index contributed by atoms with van der Waals surface area (Å²) in [7, 11) is 0. The molecule has 0 saturated heterocycles. The van der Waals surface area contributed by atoms with E-state index in [1.807, 2.05) is 0 Å². The Kier molecular flexibility index (Phi) is 3.72. The molecule has 3 nitrogen and oxygen atoms in total. The molecule has 1 heterocycles. The lowest BCUT2D eigenvalue weighted by Crippen LogP contribution is -2.12. The maximum atomic E-state index is 12.9. The number of esters is 1. The van der Waals surface area contributed by atoms with Crippen molar-refractivity contribution in [2.75, 3.05) is 0 Å². The highest BCUT2D eigenvalue weighted by atomic mass is 32.1. The molecule has 0 unspecified atom stereocenters. The summed E-state index contributed by atoms with van der Waals surface area (Å²) in [6, 6.07) is 5.95. The van der Waals surface area contributed by atoms with Crippen LogP contribution >= 0.6 is 11.3 Å². The predicted molar refractivity (Wildman–Crippen MR) is 68.1 cm³/mol. The van der Waals surface area contributed by atoms with Gasteiger partial charge in [0.05, 0.1) is 16.5 Å². The summed E-state index contributed by atoms with van der Waals surface area (Å²) < 4.78 is 18.0. The average molecular weight is 265 g/mol. The second kappa shape index (κ2) is 5.27. The van der Waals surface area contributed by atoms with Crippen LogP contribution in [0.3, 0.4) is 0 Å². The second-order valence-electron chi connectivity index (χ2n) is 3.99. The Bertz CT molecular complexity index is 548. The van der Waals surface area contributed by atoms with Crippen LogP contribution in [-0.2, 0) is 4.74 Å². The number of carbonyl (C=O) groups is 1. The Labute approximate surface area is 108 Å². The lowest BCUT2D eigenvalue weighted by molar-refractivity contribution is 0.0373. The molecule has 0 saturated carbocycles. The fourth-order valence-electron chi connectivity index (χ4n) is 1.47. The van der Waals surface area contributed by atoms with E-state index < -0.39 is 5.97 Å². The van der Waals surface area contributed by atoms with E-state index in [1.165, 1.54) is 23.5 Å². The summed E-state index contributed by atoms with van der Waals surface area (Å²) in [5, 5.41) is 0. The van der Waals surface area contributed by atoms with Crippen molar-refractivity contribution >= 4 is 17.3 Å². The molecule has 0 spiro atoms. The highest BCUT2D eigenvalue weighted by Crippen LogP contribution is 2.28. The molecule has 0 bridgehead atoms. The molecule has 5 heteroatoms. The first-order valence-electron chi connectivity index (χ1n) is 5.48. The first kappa shape index (κ1) is 12.7. The molecule has 1 aromatic heterocycles. The minimum atomic E-state index is -0.453. The minimum Gasteiger partial charge on any atom is -0.458 e. The molecule has 0 atom stereocenters. The topological polar surface area (TPSA) is 39.2 Å². The number of benzene rings is 1. The Balaban J connectivity index is 2.33. The van der Waals surface area contributed by atoms with Crippen LogP contribution in [0.1, 0.15) is 24.3 Å². The van der Waals surface area contributed by atoms with Gasteiger partial charge >= 0.3 is 5.97 Å². The van der Waals surface area contributed by atoms with Gasteiger partial charge in [-0.25, -0.2) is 14.2 Å². The number of hydrogen-bond acceptors (Lipinski definition) is 4. The summed E-state index contributed by atoms with van der Waals surface area (Å²) in [6.07, 6.45) is -0.194. The van der Waals surface area contributed by atoms with Gasteiger partial charge in [0.25, 0.3) is 0 Å². The van der Waals surface area contributed by atoms with Crippen molar-refractivity contribution in [3.8, 4) is 10.4 Å². The maximum absolute atomic E-state index is 12.9. The summed E-state index contributed by atoms with van der Waals surface area (Å²) in [5.74, 6) is -0.764. The molecular formula is C13H12FNO2S. The summed E-state index contributed by atoms with van der Waals surface area (Å²) in [4.78, 5) is 16.5. The Morgan fingerprint density at radius 2 is 2.00 bits per heavy atom. The lowest BCUT2D eigenvalue weighted by atomic mass is 10.1. The van der Waals surface area contributed by atoms with Crippen molar-refractivity contribution in [2.45, 2.75) is 20.0 Å². The van der Waals surface area contributed by atoms with Crippen LogP contribution in [0.4, 0.5) is 4.39 Å². The van der Waals surface area contributed by atoms with Gasteiger partial charge in [0, 0.05) is 0 Å². The molecule has 0 radical (unpaired) electrons. The lowest BCUT2D eigenvalue weighted by Gasteiger charge is -2.07. The molecule has 0 aliphatic rings. The van der Waals surface area contributed by atoms with E-state index >= 15 is 0 Å². The summed E-state index contributed by atoms with van der Waals surface area (Å²) >= 11 is 1.33. The molecular weight excluding hydrogens is 253 g/mol. The third-order valence-corrected chi connectivity index (χ3v) is 3.09. The van der Waals surface area contributed by atoms with E-state index in [4.69, 9.17) is 4.74 Å². The van der Waals surface area contributed by atoms with Crippen LogP contribution in [0.15, 0.2) is 29.8 Å². The monoisotopic (exact) mass is 265 g/mol. The smallest absolute Gasteiger partial charge is 0.358 e. The molecule has 2 rings (SSSR count). The average Bonchev–Trinajstić information content (AvgIpc) is 2.78. The summed E-state index contributed by atoms with van der Waals surface area (Å²) in [6.45, 7) is 3.56. The van der Waals surface area contributed by atoms with E-state index in [0.29, 0.717) is 4.88 Å². The number of rotatable bonds is 3. The second-order valence-corrected chi connectivity index (χ2v) is 4.85. The van der Waals surface area contributed by atoms with Crippen molar-refractivity contribution in [1.82, 2.24) is 4.98 Å². The SMILES string of the molecule is CC(C)OC(=O)c1ncsc1-c1ccc(F)cc1. The zero-order valence-corrected chi connectivity index (χ0v) is 10.8. The van der Waals surface area contributed by atoms with Crippen LogP contribution in [0, 0.1) is 5.82 Å². The van der Waals surface area contributed by atoms with Crippen molar-refractivity contribution < 1.29 is 13.9 Å². The zero-order chi connectivity index (χ0) is 13.1. The van der Waals surface area contributed by atoms with Gasteiger partial charge in [0.2, 0.25) is 0 Å². The number of ether oxygens (including phenoxy) is 1. The normalized spacial score (nSPS) is 10.7. The maximum Gasteiger partial charge on any atom is 0.358 e. The van der Waals surface area contributed by atoms with Gasteiger partial charge in [0.1, 0.15) is 5.82 Å². The van der Waals surface area contributed by atoms with Gasteiger partial charge in [-0.1, -0.05) is 12.1 Å². The first-order valence-corrected chi connectivity index (χ1v) is 6.36. The number of hydrogen-bond donors (Lipinski definition) is 0. The van der Waals surface area contributed by atoms with E-state index in [9.17, 15) is 9.18 Å². The van der Waals surface area contributed by atoms with E-state index in [-0.39, 0.29) is 17.6 Å². The molecule has 18 heavy (non-hydrogen) atoms. The number of halogens is 1. The van der Waals surface area contributed by atoms with E-state index in [2.05, 4.69) is 4.98 Å². The van der Waals surface area contributed by atoms with Crippen molar-refractivity contribution in [3.63, 3.8) is 0 Å². The molecule has 0 aliphatic carbocycles. The highest BCUT2D eigenvalue weighted by molar-refractivity contribution is 7.13. The first-order chi connectivity index (χ1) is 8.58. The van der Waals surface area contributed by atoms with Crippen LogP contribution in [-0.4, -0.2) is 17.1 Å². The van der Waals surface area contributed by atoms with Crippen LogP contribution < -0.4 is 0 Å². The Morgan fingerprint density at radius 3 is 2.61 bits per heavy atom. The molecule has 2 aromatic rings. The molecule has 94 valence electrons. The quantitative estimate of drug-likeness (QED) is 0.797. The largest absolute Gasteiger partial charge is 0.458 e. The third-order valence-electron chi connectivity index (χ3n) is 2.21. The minimum absolute atomic E-state index is 0.194. The van der Waals surface area contributed by atoms with Crippen molar-refractivity contribution in [1.29, 1.82) is 0 Å². The molecule has 0 amide bonds. The Hall–Kier alpha value is -1.75. The van der Waals surface area contributed by atoms with Crippen LogP contribution in [0.25, 0.3) is 10.4 Å². The van der Waals surface area contributed by atoms with Crippen LogP contribution in [0.5, 0.6) is 0 Å². The molecule has 1 aromatic carbocycles. The third kappa shape index (κ3) is 2.73. The zero-order valence-electron chi connectivity index (χ0n) is 10.0. The molecule has 0 aliphatic heterocycles. The fraction of sp³-hybridized carbons (Fsp3) is 0.231. The standard InChI is InChI=1S/C13H12FNO2S/c1-8(2)17-13(16)11-12(18-7-15-11)9-3-5-10(14)6-4-9/h3-8H,1-2H3. The number of thiazole rings is 1. The van der Waals surface area contributed by atoms with Crippen molar-refractivity contribution in [2.24, 2.45) is 0 Å². The van der Waals surface area contributed by atoms with Gasteiger partial charge in [-0.3, -0.25) is 0 Å². The van der Waals surface area contributed by atoms with Gasteiger partial charge < -0.3 is 4.74 Å². The van der Waals surface area contributed by atoms with Gasteiger partial charge in [-0.2, -0.15) is 0 Å². The molecule has 0 N–H and O–H groups in total. The van der Waals surface area contributed by atoms with Gasteiger partial charge in [-0.05, 0) is 31.5 Å². The van der Waals surface area contributed by atoms with E-state index in [1.54, 1.807) is 31.5 Å². The van der Waals surface area contributed by atoms with Gasteiger partial charge in [0.15, 0.2) is 5.69 Å². The highest BCUT2D eigenvalue weighted by Gasteiger charge is 2.18. The van der Waals surface area contributed by atoms with E-state index in [0.717, 1.165) is 5.56 Å². The fourth-order valence-corrected chi connectivity index (χ4v) is 2.25. The van der Waals surface area contributed by atoms with Crippen LogP contribution in [0.2, 0.25) is 0 Å². The molecule has 0 fully saturated rings. The number of carbonyl (C=O) groups excluding carboxylic acids is 1. The Morgan fingerprint density at radius 1 is 1.33 bits per heavy atom. The number of aromatic nitrogens is 1. The van der Waals surface area contributed by atoms with Crippen molar-refractivity contribution in [3.05, 3.63) is 41.3 Å². The van der Waals surface area contributed by atoms with Gasteiger partial charge in [-0.15, -0.1) is 11.3 Å². The summed E-state index contributed by atoms with van der Waals surface area (Å²) in [5.41, 5.74) is 2.62. The number of nitrogens with zero attached hydrogens (tertiary/aromatic N) is 1.